The van der Waals surface area contributed by atoms with E-state index < -0.39 is 35.1 Å². The first-order chi connectivity index (χ1) is 9.49. The number of amides is 1. The number of carboxylic acid groups (broad SMARTS) is 1. The molecular weight excluding hydrogens is 270 g/mol. The summed E-state index contributed by atoms with van der Waals surface area (Å²) in [5, 5.41) is 14.3. The highest BCUT2D eigenvalue weighted by Gasteiger charge is 2.23. The number of carbonyl (C=O) groups is 2. The van der Waals surface area contributed by atoms with Gasteiger partial charge in [-0.3, -0.25) is 4.79 Å². The minimum atomic E-state index is -1.43. The van der Waals surface area contributed by atoms with Crippen LogP contribution in [0.3, 0.4) is 0 Å². The van der Waals surface area contributed by atoms with Gasteiger partial charge in [-0.25, -0.2) is 13.6 Å². The molecule has 3 N–H and O–H groups in total. The minimum absolute atomic E-state index is 0.242. The van der Waals surface area contributed by atoms with Gasteiger partial charge in [0, 0.05) is 6.07 Å². The molecule has 1 aliphatic rings. The first-order valence-corrected chi connectivity index (χ1v) is 6.25. The second-order valence-electron chi connectivity index (χ2n) is 4.61. The van der Waals surface area contributed by atoms with Gasteiger partial charge in [-0.2, -0.15) is 0 Å². The fourth-order valence-corrected chi connectivity index (χ4v) is 2.12. The summed E-state index contributed by atoms with van der Waals surface area (Å²) >= 11 is 0. The molecule has 0 unspecified atom stereocenters. The van der Waals surface area contributed by atoms with Crippen LogP contribution in [0.5, 0.6) is 0 Å². The molecule has 1 aromatic rings. The normalized spacial score (nSPS) is 18.6. The zero-order valence-corrected chi connectivity index (χ0v) is 10.6. The maximum absolute atomic E-state index is 13.2. The first kappa shape index (κ1) is 14.4. The van der Waals surface area contributed by atoms with Crippen LogP contribution in [0.25, 0.3) is 0 Å². The summed E-state index contributed by atoms with van der Waals surface area (Å²) in [5.41, 5.74) is -0.721. The summed E-state index contributed by atoms with van der Waals surface area (Å²) < 4.78 is 26.2. The Morgan fingerprint density at radius 1 is 1.25 bits per heavy atom. The summed E-state index contributed by atoms with van der Waals surface area (Å²) in [4.78, 5) is 22.9. The quantitative estimate of drug-likeness (QED) is 0.790. The Morgan fingerprint density at radius 2 is 1.95 bits per heavy atom. The predicted octanol–water partition coefficient (Wildman–Crippen LogP) is 1.74. The maximum Gasteiger partial charge on any atom is 0.337 e. The van der Waals surface area contributed by atoms with Crippen LogP contribution in [0.2, 0.25) is 0 Å². The van der Waals surface area contributed by atoms with Gasteiger partial charge in [-0.15, -0.1) is 0 Å². The third-order valence-electron chi connectivity index (χ3n) is 3.18. The second-order valence-corrected chi connectivity index (χ2v) is 4.61. The number of anilines is 1. The summed E-state index contributed by atoms with van der Waals surface area (Å²) in [5.74, 6) is -4.35. The van der Waals surface area contributed by atoms with Gasteiger partial charge in [-0.05, 0) is 25.5 Å². The zero-order chi connectivity index (χ0) is 14.7. The molecule has 0 bridgehead atoms. The predicted molar refractivity (Wildman–Crippen MR) is 67.6 cm³/mol. The van der Waals surface area contributed by atoms with E-state index in [0.717, 1.165) is 12.8 Å². The van der Waals surface area contributed by atoms with Gasteiger partial charge >= 0.3 is 5.97 Å². The number of carboxylic acids is 1. The van der Waals surface area contributed by atoms with Crippen molar-refractivity contribution in [1.29, 1.82) is 0 Å². The molecule has 2 rings (SSSR count). The van der Waals surface area contributed by atoms with Crippen molar-refractivity contribution in [3.05, 3.63) is 29.3 Å². The topological polar surface area (TPSA) is 78.4 Å². The van der Waals surface area contributed by atoms with E-state index in [-0.39, 0.29) is 5.69 Å². The van der Waals surface area contributed by atoms with Crippen LogP contribution in [0.1, 0.15) is 29.6 Å². The minimum Gasteiger partial charge on any atom is -0.478 e. The van der Waals surface area contributed by atoms with E-state index in [0.29, 0.717) is 25.1 Å². The van der Waals surface area contributed by atoms with Crippen molar-refractivity contribution in [2.45, 2.75) is 25.3 Å². The van der Waals surface area contributed by atoms with Gasteiger partial charge in [-0.1, -0.05) is 6.42 Å². The van der Waals surface area contributed by atoms with E-state index in [4.69, 9.17) is 5.11 Å². The van der Waals surface area contributed by atoms with E-state index >= 15 is 0 Å². The van der Waals surface area contributed by atoms with Gasteiger partial charge < -0.3 is 15.7 Å². The highest BCUT2D eigenvalue weighted by molar-refractivity contribution is 6.02. The largest absolute Gasteiger partial charge is 0.478 e. The average Bonchev–Trinajstić information content (AvgIpc) is 2.43. The SMILES string of the molecule is O=C(O)c1cc(F)c(F)cc1NC(=O)[C@@H]1CCCCN1. The molecule has 1 amide bonds. The van der Waals surface area contributed by atoms with Gasteiger partial charge in [0.15, 0.2) is 11.6 Å². The molecule has 1 aliphatic heterocycles. The Labute approximate surface area is 114 Å². The van der Waals surface area contributed by atoms with Gasteiger partial charge in [0.1, 0.15) is 0 Å². The van der Waals surface area contributed by atoms with Crippen LogP contribution in [0.15, 0.2) is 12.1 Å². The number of benzene rings is 1. The van der Waals surface area contributed by atoms with Crippen LogP contribution in [0.4, 0.5) is 14.5 Å². The average molecular weight is 284 g/mol. The molecule has 1 heterocycles. The fourth-order valence-electron chi connectivity index (χ4n) is 2.12. The van der Waals surface area contributed by atoms with Crippen molar-refractivity contribution in [2.75, 3.05) is 11.9 Å². The van der Waals surface area contributed by atoms with Crippen molar-refractivity contribution in [1.82, 2.24) is 5.32 Å². The molecule has 1 aromatic carbocycles. The third-order valence-corrected chi connectivity index (χ3v) is 3.18. The Hall–Kier alpha value is -2.02. The van der Waals surface area contributed by atoms with Gasteiger partial charge in [0.25, 0.3) is 0 Å². The smallest absolute Gasteiger partial charge is 0.337 e. The van der Waals surface area contributed by atoms with E-state index in [1.54, 1.807) is 0 Å². The lowest BCUT2D eigenvalue weighted by molar-refractivity contribution is -0.118. The zero-order valence-electron chi connectivity index (χ0n) is 10.6. The molecule has 1 saturated heterocycles. The van der Waals surface area contributed by atoms with Crippen LogP contribution < -0.4 is 10.6 Å². The Bertz CT molecular complexity index is 543. The molecule has 0 aromatic heterocycles. The van der Waals surface area contributed by atoms with E-state index in [1.165, 1.54) is 0 Å². The summed E-state index contributed by atoms with van der Waals surface area (Å²) in [6, 6.07) is 0.791. The molecule has 108 valence electrons. The molecule has 7 heteroatoms. The lowest BCUT2D eigenvalue weighted by atomic mass is 10.0. The summed E-state index contributed by atoms with van der Waals surface area (Å²) in [7, 11) is 0. The molecule has 0 spiro atoms. The number of rotatable bonds is 3. The monoisotopic (exact) mass is 284 g/mol. The number of piperidine rings is 1. The van der Waals surface area contributed by atoms with Crippen molar-refractivity contribution < 1.29 is 23.5 Å². The highest BCUT2D eigenvalue weighted by Crippen LogP contribution is 2.21. The van der Waals surface area contributed by atoms with Crippen molar-refractivity contribution >= 4 is 17.6 Å². The van der Waals surface area contributed by atoms with Crippen molar-refractivity contribution in [2.24, 2.45) is 0 Å². The molecule has 20 heavy (non-hydrogen) atoms. The van der Waals surface area contributed by atoms with E-state index in [2.05, 4.69) is 10.6 Å². The number of nitrogens with one attached hydrogen (secondary N) is 2. The van der Waals surface area contributed by atoms with Crippen LogP contribution in [0, 0.1) is 11.6 Å². The summed E-state index contributed by atoms with van der Waals surface area (Å²) in [6.07, 6.45) is 2.47. The molecule has 5 nitrogen and oxygen atoms in total. The number of carbonyl (C=O) groups excluding carboxylic acids is 1. The van der Waals surface area contributed by atoms with Crippen LogP contribution >= 0.6 is 0 Å². The van der Waals surface area contributed by atoms with Crippen molar-refractivity contribution in [3.63, 3.8) is 0 Å². The standard InChI is InChI=1S/C13H14F2N2O3/c14-8-5-7(13(19)20)11(6-9(8)15)17-12(18)10-3-1-2-4-16-10/h5-6,10,16H,1-4H2,(H,17,18)(H,19,20)/t10-/m0/s1. The Balaban J connectivity index is 2.21. The number of halogens is 2. The number of aromatic carboxylic acids is 1. The molecule has 0 radical (unpaired) electrons. The molecule has 1 atom stereocenters. The lowest BCUT2D eigenvalue weighted by Gasteiger charge is -2.22. The molecule has 0 aliphatic carbocycles. The molecule has 0 saturated carbocycles. The number of hydrogen-bond acceptors (Lipinski definition) is 3. The molecular formula is C13H14F2N2O3. The fraction of sp³-hybridized carbons (Fsp3) is 0.385. The van der Waals surface area contributed by atoms with Crippen LogP contribution in [-0.2, 0) is 4.79 Å². The van der Waals surface area contributed by atoms with Crippen LogP contribution in [-0.4, -0.2) is 29.6 Å². The van der Waals surface area contributed by atoms with E-state index in [9.17, 15) is 18.4 Å². The Kier molecular flexibility index (Phi) is 4.29. The summed E-state index contributed by atoms with van der Waals surface area (Å²) in [6.45, 7) is 0.696. The van der Waals surface area contributed by atoms with Gasteiger partial charge in [0.2, 0.25) is 5.91 Å². The lowest BCUT2D eigenvalue weighted by Crippen LogP contribution is -2.43. The second kappa shape index (κ2) is 5.96. The molecule has 1 fully saturated rings. The van der Waals surface area contributed by atoms with Gasteiger partial charge in [0.05, 0.1) is 17.3 Å². The first-order valence-electron chi connectivity index (χ1n) is 6.25. The highest BCUT2D eigenvalue weighted by atomic mass is 19.2. The third kappa shape index (κ3) is 3.11. The van der Waals surface area contributed by atoms with Crippen molar-refractivity contribution in [3.8, 4) is 0 Å². The number of hydrogen-bond donors (Lipinski definition) is 3. The Morgan fingerprint density at radius 3 is 2.55 bits per heavy atom. The maximum atomic E-state index is 13.2. The van der Waals surface area contributed by atoms with E-state index in [1.807, 2.05) is 0 Å².